The van der Waals surface area contributed by atoms with Crippen LogP contribution in [0.4, 0.5) is 0 Å². The van der Waals surface area contributed by atoms with Crippen molar-refractivity contribution in [3.8, 4) is 6.07 Å². The van der Waals surface area contributed by atoms with E-state index in [1.165, 1.54) is 30.2 Å². The summed E-state index contributed by atoms with van der Waals surface area (Å²) in [4.78, 5) is 3.35. The molecule has 0 aliphatic heterocycles. The molecule has 2 atom stereocenters. The van der Waals surface area contributed by atoms with Crippen LogP contribution in [0.25, 0.3) is 10.9 Å². The zero-order valence-corrected chi connectivity index (χ0v) is 11.9. The third-order valence-corrected chi connectivity index (χ3v) is 4.51. The van der Waals surface area contributed by atoms with E-state index in [-0.39, 0.29) is 0 Å². The van der Waals surface area contributed by atoms with E-state index >= 15 is 0 Å². The van der Waals surface area contributed by atoms with Crippen molar-refractivity contribution in [3.63, 3.8) is 0 Å². The van der Waals surface area contributed by atoms with Crippen LogP contribution in [0, 0.1) is 17.2 Å². The second kappa shape index (κ2) is 5.68. The minimum Gasteiger partial charge on any atom is -0.361 e. The lowest BCUT2D eigenvalue weighted by Crippen LogP contribution is -2.20. The van der Waals surface area contributed by atoms with E-state index < -0.39 is 0 Å². The Hall–Kier alpha value is -1.79. The predicted octanol–water partition coefficient (Wildman–Crippen LogP) is 3.53. The lowest BCUT2D eigenvalue weighted by molar-refractivity contribution is 0.492. The summed E-state index contributed by atoms with van der Waals surface area (Å²) in [7, 11) is 0. The molecule has 3 rings (SSSR count). The third-order valence-electron chi connectivity index (χ3n) is 4.51. The van der Waals surface area contributed by atoms with Crippen LogP contribution in [0.15, 0.2) is 24.4 Å². The molecule has 2 unspecified atom stereocenters. The minimum atomic E-state index is 0.640. The first-order valence-electron chi connectivity index (χ1n) is 7.53. The highest BCUT2D eigenvalue weighted by Gasteiger charge is 2.27. The van der Waals surface area contributed by atoms with Crippen LogP contribution in [0.5, 0.6) is 0 Å². The van der Waals surface area contributed by atoms with Crippen molar-refractivity contribution in [3.05, 3.63) is 35.5 Å². The van der Waals surface area contributed by atoms with Crippen LogP contribution < -0.4 is 5.32 Å². The Morgan fingerprint density at radius 3 is 3.10 bits per heavy atom. The van der Waals surface area contributed by atoms with Gasteiger partial charge in [-0.25, -0.2) is 0 Å². The van der Waals surface area contributed by atoms with E-state index in [4.69, 9.17) is 5.26 Å². The molecular weight excluding hydrogens is 246 g/mol. The maximum Gasteiger partial charge on any atom is 0.0991 e. The van der Waals surface area contributed by atoms with Gasteiger partial charge in [0.15, 0.2) is 0 Å². The summed E-state index contributed by atoms with van der Waals surface area (Å²) in [6.45, 7) is 4.36. The zero-order chi connectivity index (χ0) is 13.9. The third kappa shape index (κ3) is 2.44. The Labute approximate surface area is 120 Å². The molecule has 3 heteroatoms. The van der Waals surface area contributed by atoms with Crippen molar-refractivity contribution >= 4 is 10.9 Å². The standard InChI is InChI=1S/C17H21N3/c1-2-19-10-13-3-5-14(7-13)16-11-20-17-6-4-12(9-18)8-15(16)17/h4,6,8,11,13-14,19-20H,2-3,5,7,10H2,1H3. The van der Waals surface area contributed by atoms with Crippen LogP contribution in [0.1, 0.15) is 43.2 Å². The molecular formula is C17H21N3. The Morgan fingerprint density at radius 1 is 1.40 bits per heavy atom. The summed E-state index contributed by atoms with van der Waals surface area (Å²) in [6.07, 6.45) is 5.98. The van der Waals surface area contributed by atoms with Gasteiger partial charge < -0.3 is 10.3 Å². The van der Waals surface area contributed by atoms with E-state index in [0.29, 0.717) is 5.92 Å². The highest BCUT2D eigenvalue weighted by Crippen LogP contribution is 2.40. The number of benzene rings is 1. The summed E-state index contributed by atoms with van der Waals surface area (Å²) in [6, 6.07) is 8.16. The van der Waals surface area contributed by atoms with Gasteiger partial charge in [-0.1, -0.05) is 6.92 Å². The average Bonchev–Trinajstić information content (AvgIpc) is 3.10. The Balaban J connectivity index is 1.82. The molecule has 0 bridgehead atoms. The molecule has 1 saturated carbocycles. The number of nitriles is 1. The van der Waals surface area contributed by atoms with E-state index in [0.717, 1.165) is 30.1 Å². The van der Waals surface area contributed by atoms with Gasteiger partial charge in [0.2, 0.25) is 0 Å². The van der Waals surface area contributed by atoms with Gasteiger partial charge in [-0.3, -0.25) is 0 Å². The highest BCUT2D eigenvalue weighted by atomic mass is 14.8. The first-order valence-corrected chi connectivity index (χ1v) is 7.53. The van der Waals surface area contributed by atoms with E-state index in [9.17, 15) is 0 Å². The summed E-state index contributed by atoms with van der Waals surface area (Å²) >= 11 is 0. The summed E-state index contributed by atoms with van der Waals surface area (Å²) < 4.78 is 0. The van der Waals surface area contributed by atoms with E-state index in [2.05, 4.69) is 29.5 Å². The molecule has 1 aliphatic carbocycles. The molecule has 0 spiro atoms. The fourth-order valence-corrected chi connectivity index (χ4v) is 3.44. The van der Waals surface area contributed by atoms with Crippen molar-refractivity contribution in [2.24, 2.45) is 5.92 Å². The fourth-order valence-electron chi connectivity index (χ4n) is 3.44. The zero-order valence-electron chi connectivity index (χ0n) is 11.9. The van der Waals surface area contributed by atoms with Crippen molar-refractivity contribution in [1.82, 2.24) is 10.3 Å². The summed E-state index contributed by atoms with van der Waals surface area (Å²) in [5, 5.41) is 13.8. The Morgan fingerprint density at radius 2 is 2.30 bits per heavy atom. The molecule has 1 aromatic carbocycles. The number of aromatic amines is 1. The lowest BCUT2D eigenvalue weighted by Gasteiger charge is -2.11. The molecule has 104 valence electrons. The smallest absolute Gasteiger partial charge is 0.0991 e. The van der Waals surface area contributed by atoms with Gasteiger partial charge in [0.25, 0.3) is 0 Å². The monoisotopic (exact) mass is 267 g/mol. The topological polar surface area (TPSA) is 51.6 Å². The van der Waals surface area contributed by atoms with Gasteiger partial charge in [-0.05, 0) is 68.0 Å². The van der Waals surface area contributed by atoms with Crippen LogP contribution in [0.3, 0.4) is 0 Å². The quantitative estimate of drug-likeness (QED) is 0.890. The molecule has 1 aromatic heterocycles. The lowest BCUT2D eigenvalue weighted by atomic mass is 9.95. The number of hydrogen-bond donors (Lipinski definition) is 2. The molecule has 0 radical (unpaired) electrons. The number of hydrogen-bond acceptors (Lipinski definition) is 2. The van der Waals surface area contributed by atoms with Gasteiger partial charge in [-0.15, -0.1) is 0 Å². The Kier molecular flexibility index (Phi) is 3.75. The summed E-state index contributed by atoms with van der Waals surface area (Å²) in [5.74, 6) is 1.44. The van der Waals surface area contributed by atoms with Gasteiger partial charge in [0.05, 0.1) is 11.6 Å². The SMILES string of the molecule is CCNCC1CCC(c2c[nH]c3ccc(C#N)cc23)C1. The van der Waals surface area contributed by atoms with Crippen molar-refractivity contribution in [2.45, 2.75) is 32.1 Å². The van der Waals surface area contributed by atoms with E-state index in [1.54, 1.807) is 0 Å². The molecule has 1 heterocycles. The first kappa shape index (κ1) is 13.2. The minimum absolute atomic E-state index is 0.640. The van der Waals surface area contributed by atoms with Crippen LogP contribution >= 0.6 is 0 Å². The number of nitrogens with zero attached hydrogens (tertiary/aromatic N) is 1. The molecule has 20 heavy (non-hydrogen) atoms. The molecule has 0 amide bonds. The van der Waals surface area contributed by atoms with Gasteiger partial charge in [0, 0.05) is 17.1 Å². The largest absolute Gasteiger partial charge is 0.361 e. The molecule has 2 aromatic rings. The van der Waals surface area contributed by atoms with Crippen LogP contribution in [-0.2, 0) is 0 Å². The first-order chi connectivity index (χ1) is 9.81. The Bertz CT molecular complexity index is 635. The number of aromatic nitrogens is 1. The van der Waals surface area contributed by atoms with Gasteiger partial charge in [0.1, 0.15) is 0 Å². The molecule has 1 fully saturated rings. The van der Waals surface area contributed by atoms with Crippen LogP contribution in [0.2, 0.25) is 0 Å². The van der Waals surface area contributed by atoms with Crippen molar-refractivity contribution in [2.75, 3.05) is 13.1 Å². The molecule has 0 saturated heterocycles. The van der Waals surface area contributed by atoms with Gasteiger partial charge in [-0.2, -0.15) is 5.26 Å². The summed E-state index contributed by atoms with van der Waals surface area (Å²) in [5.41, 5.74) is 3.30. The molecule has 1 aliphatic rings. The fraction of sp³-hybridized carbons (Fsp3) is 0.471. The number of H-pyrrole nitrogens is 1. The van der Waals surface area contributed by atoms with Crippen molar-refractivity contribution < 1.29 is 0 Å². The van der Waals surface area contributed by atoms with Crippen molar-refractivity contribution in [1.29, 1.82) is 5.26 Å². The normalized spacial score (nSPS) is 22.2. The maximum absolute atomic E-state index is 9.06. The number of rotatable bonds is 4. The maximum atomic E-state index is 9.06. The highest BCUT2D eigenvalue weighted by molar-refractivity contribution is 5.85. The number of fused-ring (bicyclic) bond motifs is 1. The number of nitrogens with one attached hydrogen (secondary N) is 2. The van der Waals surface area contributed by atoms with E-state index in [1.807, 2.05) is 18.2 Å². The van der Waals surface area contributed by atoms with Gasteiger partial charge >= 0.3 is 0 Å². The molecule has 3 nitrogen and oxygen atoms in total. The second-order valence-corrected chi connectivity index (χ2v) is 5.80. The second-order valence-electron chi connectivity index (χ2n) is 5.80. The molecule has 2 N–H and O–H groups in total. The average molecular weight is 267 g/mol. The van der Waals surface area contributed by atoms with Crippen LogP contribution in [-0.4, -0.2) is 18.1 Å². The predicted molar refractivity (Wildman–Crippen MR) is 81.6 cm³/mol.